The van der Waals surface area contributed by atoms with Gasteiger partial charge in [-0.25, -0.2) is 0 Å². The predicted molar refractivity (Wildman–Crippen MR) is 73.9 cm³/mol. The molecule has 1 unspecified atom stereocenters. The summed E-state index contributed by atoms with van der Waals surface area (Å²) in [5.41, 5.74) is 3.74. The highest BCUT2D eigenvalue weighted by molar-refractivity contribution is 5.42. The Morgan fingerprint density at radius 2 is 1.59 bits per heavy atom. The molecule has 0 saturated heterocycles. The molecular weight excluding hydrogens is 210 g/mol. The number of benzene rings is 1. The fourth-order valence-corrected chi connectivity index (χ4v) is 2.22. The molecular formula is C15H25NO. The molecule has 0 aromatic heterocycles. The molecule has 1 aromatic carbocycles. The van der Waals surface area contributed by atoms with E-state index in [4.69, 9.17) is 4.74 Å². The van der Waals surface area contributed by atoms with Crippen LogP contribution in [-0.4, -0.2) is 18.7 Å². The van der Waals surface area contributed by atoms with Crippen LogP contribution in [-0.2, 0) is 0 Å². The number of aryl methyl sites for hydroxylation is 3. The second-order valence-electron chi connectivity index (χ2n) is 5.26. The third kappa shape index (κ3) is 4.39. The number of nitrogens with one attached hydrogen (secondary N) is 1. The van der Waals surface area contributed by atoms with Gasteiger partial charge >= 0.3 is 0 Å². The topological polar surface area (TPSA) is 21.3 Å². The molecule has 2 nitrogen and oxygen atoms in total. The Bertz CT molecular complexity index is 348. The smallest absolute Gasteiger partial charge is 0.125 e. The number of hydrogen-bond acceptors (Lipinski definition) is 2. The molecule has 0 spiro atoms. The van der Waals surface area contributed by atoms with E-state index in [0.717, 1.165) is 5.75 Å². The minimum atomic E-state index is 0.370. The van der Waals surface area contributed by atoms with E-state index in [9.17, 15) is 0 Å². The average Bonchev–Trinajstić information content (AvgIpc) is 2.14. The van der Waals surface area contributed by atoms with Gasteiger partial charge in [-0.05, 0) is 38.8 Å². The molecule has 0 fully saturated rings. The maximum absolute atomic E-state index is 5.92. The molecule has 1 aromatic rings. The second-order valence-corrected chi connectivity index (χ2v) is 5.26. The van der Waals surface area contributed by atoms with E-state index in [1.807, 2.05) is 0 Å². The maximum Gasteiger partial charge on any atom is 0.125 e. The van der Waals surface area contributed by atoms with E-state index in [1.54, 1.807) is 0 Å². The van der Waals surface area contributed by atoms with Crippen LogP contribution in [0.5, 0.6) is 5.75 Å². The molecule has 0 bridgehead atoms. The van der Waals surface area contributed by atoms with Crippen LogP contribution in [0.15, 0.2) is 12.1 Å². The van der Waals surface area contributed by atoms with Gasteiger partial charge < -0.3 is 10.1 Å². The molecule has 1 rings (SSSR count). The molecule has 0 heterocycles. The van der Waals surface area contributed by atoms with Gasteiger partial charge in [-0.15, -0.1) is 0 Å². The third-order valence-electron chi connectivity index (χ3n) is 2.70. The van der Waals surface area contributed by atoms with E-state index >= 15 is 0 Å². The summed E-state index contributed by atoms with van der Waals surface area (Å²) in [5.74, 6) is 1.04. The first-order valence-electron chi connectivity index (χ1n) is 6.37. The van der Waals surface area contributed by atoms with Crippen LogP contribution in [0, 0.1) is 20.8 Å². The summed E-state index contributed by atoms with van der Waals surface area (Å²) in [6, 6.07) is 5.20. The van der Waals surface area contributed by atoms with E-state index in [0.29, 0.717) is 18.7 Å². The van der Waals surface area contributed by atoms with Crippen molar-refractivity contribution in [1.29, 1.82) is 0 Å². The number of hydrogen-bond donors (Lipinski definition) is 1. The Morgan fingerprint density at radius 1 is 1.06 bits per heavy atom. The second kappa shape index (κ2) is 6.06. The van der Waals surface area contributed by atoms with Crippen LogP contribution in [0.1, 0.15) is 37.5 Å². The van der Waals surface area contributed by atoms with Gasteiger partial charge in [-0.1, -0.05) is 31.5 Å². The van der Waals surface area contributed by atoms with Crippen molar-refractivity contribution in [2.75, 3.05) is 6.61 Å². The Labute approximate surface area is 105 Å². The zero-order valence-corrected chi connectivity index (χ0v) is 11.9. The predicted octanol–water partition coefficient (Wildman–Crippen LogP) is 3.38. The molecule has 1 N–H and O–H groups in total. The van der Waals surface area contributed by atoms with Crippen molar-refractivity contribution >= 4 is 0 Å². The average molecular weight is 235 g/mol. The number of ether oxygens (including phenoxy) is 1. The Balaban J connectivity index is 2.63. The van der Waals surface area contributed by atoms with Crippen molar-refractivity contribution in [3.05, 3.63) is 28.8 Å². The van der Waals surface area contributed by atoms with Crippen LogP contribution in [0.4, 0.5) is 0 Å². The molecule has 0 amide bonds. The lowest BCUT2D eigenvalue weighted by Crippen LogP contribution is -2.36. The maximum atomic E-state index is 5.92. The van der Waals surface area contributed by atoms with Gasteiger partial charge in [0.15, 0.2) is 0 Å². The highest BCUT2D eigenvalue weighted by atomic mass is 16.5. The normalized spacial score (nSPS) is 12.9. The first kappa shape index (κ1) is 14.0. The molecule has 0 aliphatic carbocycles. The van der Waals surface area contributed by atoms with E-state index in [2.05, 4.69) is 59.0 Å². The van der Waals surface area contributed by atoms with E-state index < -0.39 is 0 Å². The van der Waals surface area contributed by atoms with Crippen LogP contribution in [0.25, 0.3) is 0 Å². The van der Waals surface area contributed by atoms with Crippen LogP contribution >= 0.6 is 0 Å². The zero-order chi connectivity index (χ0) is 13.0. The van der Waals surface area contributed by atoms with Crippen molar-refractivity contribution in [2.45, 2.75) is 53.6 Å². The van der Waals surface area contributed by atoms with Gasteiger partial charge in [0.05, 0.1) is 0 Å². The quantitative estimate of drug-likeness (QED) is 0.845. The van der Waals surface area contributed by atoms with Gasteiger partial charge in [0.2, 0.25) is 0 Å². The van der Waals surface area contributed by atoms with E-state index in [-0.39, 0.29) is 0 Å². The zero-order valence-electron chi connectivity index (χ0n) is 11.9. The van der Waals surface area contributed by atoms with Crippen molar-refractivity contribution < 1.29 is 4.74 Å². The highest BCUT2D eigenvalue weighted by Gasteiger charge is 2.08. The van der Waals surface area contributed by atoms with Crippen molar-refractivity contribution in [2.24, 2.45) is 0 Å². The molecule has 0 aliphatic rings. The van der Waals surface area contributed by atoms with Crippen molar-refractivity contribution in [1.82, 2.24) is 5.32 Å². The standard InChI is InChI=1S/C15H25NO/c1-10(2)16-14(6)9-17-15-12(4)7-11(3)8-13(15)5/h7-8,10,14,16H,9H2,1-6H3. The largest absolute Gasteiger partial charge is 0.491 e. The summed E-state index contributed by atoms with van der Waals surface area (Å²) in [7, 11) is 0. The van der Waals surface area contributed by atoms with E-state index in [1.165, 1.54) is 16.7 Å². The van der Waals surface area contributed by atoms with Gasteiger partial charge in [-0.2, -0.15) is 0 Å². The lowest BCUT2D eigenvalue weighted by Gasteiger charge is -2.19. The fourth-order valence-electron chi connectivity index (χ4n) is 2.22. The fraction of sp³-hybridized carbons (Fsp3) is 0.600. The monoisotopic (exact) mass is 235 g/mol. The summed E-state index contributed by atoms with van der Waals surface area (Å²) < 4.78 is 5.92. The molecule has 2 heteroatoms. The molecule has 1 atom stereocenters. The van der Waals surface area contributed by atoms with Gasteiger partial charge in [0.1, 0.15) is 12.4 Å². The van der Waals surface area contributed by atoms with Gasteiger partial charge in [0, 0.05) is 12.1 Å². The third-order valence-corrected chi connectivity index (χ3v) is 2.70. The highest BCUT2D eigenvalue weighted by Crippen LogP contribution is 2.24. The Kier molecular flexibility index (Phi) is 5.01. The lowest BCUT2D eigenvalue weighted by atomic mass is 10.1. The Hall–Kier alpha value is -1.02. The van der Waals surface area contributed by atoms with Crippen LogP contribution in [0.2, 0.25) is 0 Å². The van der Waals surface area contributed by atoms with Gasteiger partial charge in [-0.3, -0.25) is 0 Å². The lowest BCUT2D eigenvalue weighted by molar-refractivity contribution is 0.263. The summed E-state index contributed by atoms with van der Waals surface area (Å²) in [5, 5.41) is 3.44. The number of rotatable bonds is 5. The van der Waals surface area contributed by atoms with Crippen molar-refractivity contribution in [3.63, 3.8) is 0 Å². The van der Waals surface area contributed by atoms with Crippen LogP contribution in [0.3, 0.4) is 0 Å². The summed E-state index contributed by atoms with van der Waals surface area (Å²) in [4.78, 5) is 0. The molecule has 0 aliphatic heterocycles. The minimum absolute atomic E-state index is 0.370. The SMILES string of the molecule is Cc1cc(C)c(OCC(C)NC(C)C)c(C)c1. The first-order valence-corrected chi connectivity index (χ1v) is 6.37. The summed E-state index contributed by atoms with van der Waals surface area (Å²) in [6.07, 6.45) is 0. The summed E-state index contributed by atoms with van der Waals surface area (Å²) >= 11 is 0. The van der Waals surface area contributed by atoms with Crippen LogP contribution < -0.4 is 10.1 Å². The molecule has 0 saturated carbocycles. The molecule has 0 radical (unpaired) electrons. The van der Waals surface area contributed by atoms with Gasteiger partial charge in [0.25, 0.3) is 0 Å². The molecule has 96 valence electrons. The van der Waals surface area contributed by atoms with Crippen molar-refractivity contribution in [3.8, 4) is 5.75 Å². The Morgan fingerprint density at radius 3 is 2.06 bits per heavy atom. The minimum Gasteiger partial charge on any atom is -0.491 e. The first-order chi connectivity index (χ1) is 7.90. The molecule has 17 heavy (non-hydrogen) atoms. The summed E-state index contributed by atoms with van der Waals surface area (Å²) in [6.45, 7) is 13.5.